The zero-order valence-corrected chi connectivity index (χ0v) is 9.36. The van der Waals surface area contributed by atoms with Gasteiger partial charge >= 0.3 is 0 Å². The maximum atomic E-state index is 5.23. The van der Waals surface area contributed by atoms with Crippen molar-refractivity contribution in [3.63, 3.8) is 0 Å². The van der Waals surface area contributed by atoms with Crippen molar-refractivity contribution in [2.24, 2.45) is 5.41 Å². The molecule has 1 N–H and O–H groups in total. The lowest BCUT2D eigenvalue weighted by atomic mass is 9.88. The van der Waals surface area contributed by atoms with Crippen LogP contribution in [0.2, 0.25) is 0 Å². The molecule has 0 radical (unpaired) electrons. The third kappa shape index (κ3) is 2.55. The van der Waals surface area contributed by atoms with Crippen molar-refractivity contribution >= 4 is 0 Å². The molecule has 1 fully saturated rings. The molecule has 3 heteroatoms. The quantitative estimate of drug-likeness (QED) is 0.815. The Hall–Kier alpha value is -0.930. The summed E-state index contributed by atoms with van der Waals surface area (Å²) < 4.78 is 5.23. The molecule has 1 saturated heterocycles. The van der Waals surface area contributed by atoms with E-state index in [4.69, 9.17) is 4.74 Å². The van der Waals surface area contributed by atoms with Crippen LogP contribution in [0.15, 0.2) is 24.5 Å². The summed E-state index contributed by atoms with van der Waals surface area (Å²) in [5.41, 5.74) is 1.62. The van der Waals surface area contributed by atoms with Crippen LogP contribution in [0.5, 0.6) is 0 Å². The van der Waals surface area contributed by atoms with Gasteiger partial charge in [-0.2, -0.15) is 0 Å². The number of ether oxygens (including phenoxy) is 1. The third-order valence-electron chi connectivity index (χ3n) is 2.94. The van der Waals surface area contributed by atoms with E-state index in [1.807, 2.05) is 12.4 Å². The molecule has 1 atom stereocenters. The molecule has 82 valence electrons. The maximum Gasteiger partial charge on any atom is 0.0554 e. The predicted molar refractivity (Wildman–Crippen MR) is 59.6 cm³/mol. The van der Waals surface area contributed by atoms with Gasteiger partial charge in [0.05, 0.1) is 13.2 Å². The fourth-order valence-electron chi connectivity index (χ4n) is 1.72. The highest BCUT2D eigenvalue weighted by molar-refractivity contribution is 5.14. The number of nitrogens with one attached hydrogen (secondary N) is 1. The van der Waals surface area contributed by atoms with E-state index in [-0.39, 0.29) is 0 Å². The topological polar surface area (TPSA) is 34.1 Å². The molecule has 2 heterocycles. The summed E-state index contributed by atoms with van der Waals surface area (Å²) in [4.78, 5) is 4.02. The lowest BCUT2D eigenvalue weighted by molar-refractivity contribution is -0.0999. The SMILES string of the molecule is CC(NCC1(C)COC1)c1ccncc1. The summed E-state index contributed by atoms with van der Waals surface area (Å²) in [5, 5.41) is 3.53. The number of hydrogen-bond acceptors (Lipinski definition) is 3. The Morgan fingerprint density at radius 3 is 2.67 bits per heavy atom. The number of hydrogen-bond donors (Lipinski definition) is 1. The highest BCUT2D eigenvalue weighted by Gasteiger charge is 2.33. The Morgan fingerprint density at radius 1 is 1.47 bits per heavy atom. The first-order valence-electron chi connectivity index (χ1n) is 5.41. The van der Waals surface area contributed by atoms with Gasteiger partial charge in [0.1, 0.15) is 0 Å². The molecule has 1 aromatic rings. The van der Waals surface area contributed by atoms with Crippen molar-refractivity contribution in [3.8, 4) is 0 Å². The van der Waals surface area contributed by atoms with Crippen molar-refractivity contribution in [1.82, 2.24) is 10.3 Å². The summed E-state index contributed by atoms with van der Waals surface area (Å²) in [6, 6.07) is 4.49. The van der Waals surface area contributed by atoms with Gasteiger partial charge in [-0.25, -0.2) is 0 Å². The van der Waals surface area contributed by atoms with Crippen LogP contribution in [0.25, 0.3) is 0 Å². The highest BCUT2D eigenvalue weighted by Crippen LogP contribution is 2.26. The summed E-state index contributed by atoms with van der Waals surface area (Å²) in [6.07, 6.45) is 3.67. The monoisotopic (exact) mass is 206 g/mol. The summed E-state index contributed by atoms with van der Waals surface area (Å²) in [7, 11) is 0. The first-order chi connectivity index (χ1) is 7.20. The Bertz CT molecular complexity index is 309. The predicted octanol–water partition coefficient (Wildman–Crippen LogP) is 1.77. The fourth-order valence-corrected chi connectivity index (χ4v) is 1.72. The minimum atomic E-state index is 0.335. The van der Waals surface area contributed by atoms with E-state index < -0.39 is 0 Å². The largest absolute Gasteiger partial charge is 0.380 e. The van der Waals surface area contributed by atoms with Crippen molar-refractivity contribution in [3.05, 3.63) is 30.1 Å². The van der Waals surface area contributed by atoms with Crippen LogP contribution in [-0.2, 0) is 4.74 Å². The number of aromatic nitrogens is 1. The fraction of sp³-hybridized carbons (Fsp3) is 0.583. The van der Waals surface area contributed by atoms with Crippen LogP contribution in [0.4, 0.5) is 0 Å². The molecule has 1 aliphatic heterocycles. The average molecular weight is 206 g/mol. The molecule has 0 aliphatic carbocycles. The van der Waals surface area contributed by atoms with Gasteiger partial charge in [0.25, 0.3) is 0 Å². The molecule has 1 unspecified atom stereocenters. The minimum absolute atomic E-state index is 0.335. The molecule has 1 aromatic heterocycles. The standard InChI is InChI=1S/C12H18N2O/c1-10(11-3-5-13-6-4-11)14-7-12(2)8-15-9-12/h3-6,10,14H,7-9H2,1-2H3. The van der Waals surface area contributed by atoms with Gasteiger partial charge in [-0.15, -0.1) is 0 Å². The van der Waals surface area contributed by atoms with E-state index in [0.717, 1.165) is 19.8 Å². The van der Waals surface area contributed by atoms with E-state index in [1.54, 1.807) is 0 Å². The number of nitrogens with zero attached hydrogens (tertiary/aromatic N) is 1. The first-order valence-corrected chi connectivity index (χ1v) is 5.41. The molecule has 15 heavy (non-hydrogen) atoms. The smallest absolute Gasteiger partial charge is 0.0554 e. The van der Waals surface area contributed by atoms with Gasteiger partial charge in [0.2, 0.25) is 0 Å². The van der Waals surface area contributed by atoms with Crippen molar-refractivity contribution in [2.75, 3.05) is 19.8 Å². The van der Waals surface area contributed by atoms with E-state index in [1.165, 1.54) is 5.56 Å². The first kappa shape index (κ1) is 10.6. The lowest BCUT2D eigenvalue weighted by Crippen LogP contribution is -2.47. The van der Waals surface area contributed by atoms with E-state index in [9.17, 15) is 0 Å². The minimum Gasteiger partial charge on any atom is -0.380 e. The molecule has 0 saturated carbocycles. The molecular weight excluding hydrogens is 188 g/mol. The summed E-state index contributed by atoms with van der Waals surface area (Å²) >= 11 is 0. The second-order valence-electron chi connectivity index (χ2n) is 4.69. The van der Waals surface area contributed by atoms with E-state index in [0.29, 0.717) is 11.5 Å². The molecule has 0 spiro atoms. The molecule has 0 amide bonds. The second kappa shape index (κ2) is 4.29. The van der Waals surface area contributed by atoms with E-state index in [2.05, 4.69) is 36.3 Å². The van der Waals surface area contributed by atoms with Crippen molar-refractivity contribution < 1.29 is 4.74 Å². The van der Waals surface area contributed by atoms with Crippen molar-refractivity contribution in [2.45, 2.75) is 19.9 Å². The summed E-state index contributed by atoms with van der Waals surface area (Å²) in [5.74, 6) is 0. The van der Waals surface area contributed by atoms with Crippen LogP contribution in [-0.4, -0.2) is 24.7 Å². The Balaban J connectivity index is 1.85. The van der Waals surface area contributed by atoms with Gasteiger partial charge in [-0.1, -0.05) is 6.92 Å². The van der Waals surface area contributed by atoms with Crippen LogP contribution in [0, 0.1) is 5.41 Å². The lowest BCUT2D eigenvalue weighted by Gasteiger charge is -2.39. The zero-order chi connectivity index (χ0) is 10.7. The van der Waals surface area contributed by atoms with E-state index >= 15 is 0 Å². The summed E-state index contributed by atoms with van der Waals surface area (Å²) in [6.45, 7) is 7.20. The van der Waals surface area contributed by atoms with Gasteiger partial charge in [-0.05, 0) is 24.6 Å². The zero-order valence-electron chi connectivity index (χ0n) is 9.36. The third-order valence-corrected chi connectivity index (χ3v) is 2.94. The Morgan fingerprint density at radius 2 is 2.13 bits per heavy atom. The Labute approximate surface area is 90.9 Å². The van der Waals surface area contributed by atoms with Crippen molar-refractivity contribution in [1.29, 1.82) is 0 Å². The highest BCUT2D eigenvalue weighted by atomic mass is 16.5. The number of rotatable bonds is 4. The van der Waals surface area contributed by atoms with Gasteiger partial charge < -0.3 is 10.1 Å². The molecule has 0 bridgehead atoms. The molecule has 0 aromatic carbocycles. The molecule has 1 aliphatic rings. The van der Waals surface area contributed by atoms with Gasteiger partial charge in [-0.3, -0.25) is 4.98 Å². The molecular formula is C12H18N2O. The van der Waals surface area contributed by atoms with Gasteiger partial charge in [0.15, 0.2) is 0 Å². The maximum absolute atomic E-state index is 5.23. The average Bonchev–Trinajstić information content (AvgIpc) is 2.24. The van der Waals surface area contributed by atoms with Crippen LogP contribution in [0.1, 0.15) is 25.5 Å². The molecule has 3 nitrogen and oxygen atoms in total. The van der Waals surface area contributed by atoms with Crippen LogP contribution < -0.4 is 5.32 Å². The second-order valence-corrected chi connectivity index (χ2v) is 4.69. The Kier molecular flexibility index (Phi) is 3.03. The van der Waals surface area contributed by atoms with Gasteiger partial charge in [0, 0.05) is 30.4 Å². The van der Waals surface area contributed by atoms with Crippen LogP contribution >= 0.6 is 0 Å². The van der Waals surface area contributed by atoms with Crippen LogP contribution in [0.3, 0.4) is 0 Å². The molecule has 2 rings (SSSR count). The number of pyridine rings is 1. The normalized spacial score (nSPS) is 20.7.